The van der Waals surface area contributed by atoms with Gasteiger partial charge < -0.3 is 9.64 Å². The van der Waals surface area contributed by atoms with E-state index in [2.05, 4.69) is 0 Å². The van der Waals surface area contributed by atoms with E-state index in [4.69, 9.17) is 4.74 Å². The van der Waals surface area contributed by atoms with Crippen molar-refractivity contribution in [2.75, 3.05) is 13.2 Å². The number of hydrogen-bond acceptors (Lipinski definition) is 3. The zero-order chi connectivity index (χ0) is 13.2. The molecule has 4 heteroatoms. The number of amides is 1. The molecule has 3 aliphatic rings. The number of ether oxygens (including phenoxy) is 1. The van der Waals surface area contributed by atoms with Crippen molar-refractivity contribution in [3.05, 3.63) is 0 Å². The molecule has 4 nitrogen and oxygen atoms in total. The maximum absolute atomic E-state index is 12.3. The van der Waals surface area contributed by atoms with E-state index in [-0.39, 0.29) is 30.4 Å². The largest absolute Gasteiger partial charge is 0.368 e. The summed E-state index contributed by atoms with van der Waals surface area (Å²) in [5, 5.41) is 0. The van der Waals surface area contributed by atoms with Crippen LogP contribution in [0.3, 0.4) is 0 Å². The molecule has 3 fully saturated rings. The average Bonchev–Trinajstić information content (AvgIpc) is 3.01. The van der Waals surface area contributed by atoms with Crippen LogP contribution in [0.2, 0.25) is 0 Å². The van der Waals surface area contributed by atoms with Gasteiger partial charge in [-0.05, 0) is 18.8 Å². The number of nitrogens with zero attached hydrogens (tertiary/aromatic N) is 1. The highest BCUT2D eigenvalue weighted by atomic mass is 16.5. The molecule has 0 N–H and O–H groups in total. The van der Waals surface area contributed by atoms with Crippen LogP contribution in [0.5, 0.6) is 0 Å². The van der Waals surface area contributed by atoms with Gasteiger partial charge in [0, 0.05) is 13.0 Å². The summed E-state index contributed by atoms with van der Waals surface area (Å²) in [5.41, 5.74) is 0. The minimum absolute atomic E-state index is 0.0221. The summed E-state index contributed by atoms with van der Waals surface area (Å²) in [4.78, 5) is 25.8. The van der Waals surface area contributed by atoms with Gasteiger partial charge in [-0.2, -0.15) is 0 Å². The van der Waals surface area contributed by atoms with Gasteiger partial charge in [-0.1, -0.05) is 32.1 Å². The number of carbonyl (C=O) groups is 2. The molecule has 2 aliphatic heterocycles. The van der Waals surface area contributed by atoms with Crippen molar-refractivity contribution in [2.45, 2.75) is 63.5 Å². The fourth-order valence-electron chi connectivity index (χ4n) is 3.82. The molecule has 2 saturated heterocycles. The summed E-state index contributed by atoms with van der Waals surface area (Å²) in [7, 11) is 0. The van der Waals surface area contributed by atoms with E-state index in [9.17, 15) is 9.59 Å². The van der Waals surface area contributed by atoms with E-state index in [1.807, 2.05) is 0 Å². The summed E-state index contributed by atoms with van der Waals surface area (Å²) >= 11 is 0. The van der Waals surface area contributed by atoms with Crippen molar-refractivity contribution >= 4 is 11.7 Å². The van der Waals surface area contributed by atoms with Gasteiger partial charge in [-0.15, -0.1) is 0 Å². The number of ketones is 1. The van der Waals surface area contributed by atoms with Crippen LogP contribution in [-0.2, 0) is 14.3 Å². The van der Waals surface area contributed by atoms with Crippen molar-refractivity contribution in [2.24, 2.45) is 5.92 Å². The molecule has 2 unspecified atom stereocenters. The van der Waals surface area contributed by atoms with Crippen LogP contribution in [0.25, 0.3) is 0 Å². The Morgan fingerprint density at radius 1 is 1.21 bits per heavy atom. The fourth-order valence-corrected chi connectivity index (χ4v) is 3.82. The number of hydrogen-bond donors (Lipinski definition) is 0. The second-order valence-corrected chi connectivity index (χ2v) is 6.18. The van der Waals surface area contributed by atoms with Crippen LogP contribution in [0.4, 0.5) is 0 Å². The van der Waals surface area contributed by atoms with Gasteiger partial charge in [0.1, 0.15) is 12.6 Å². The highest BCUT2D eigenvalue weighted by Crippen LogP contribution is 2.30. The first-order valence-corrected chi connectivity index (χ1v) is 7.69. The number of likely N-dealkylation sites (tertiary alicyclic amines) is 1. The molecule has 19 heavy (non-hydrogen) atoms. The van der Waals surface area contributed by atoms with Crippen molar-refractivity contribution in [3.63, 3.8) is 0 Å². The molecular weight excluding hydrogens is 242 g/mol. The Labute approximate surface area is 114 Å². The van der Waals surface area contributed by atoms with Crippen LogP contribution >= 0.6 is 0 Å². The minimum atomic E-state index is -0.265. The molecule has 106 valence electrons. The van der Waals surface area contributed by atoms with Crippen LogP contribution in [-0.4, -0.2) is 41.9 Å². The molecule has 0 spiro atoms. The fraction of sp³-hybridized carbons (Fsp3) is 0.867. The maximum atomic E-state index is 12.3. The summed E-state index contributed by atoms with van der Waals surface area (Å²) < 4.78 is 5.42. The zero-order valence-corrected chi connectivity index (χ0v) is 11.5. The number of carbonyl (C=O) groups excluding carboxylic acids is 2. The Kier molecular flexibility index (Phi) is 3.87. The predicted octanol–water partition coefficient (Wildman–Crippen LogP) is 1.92. The summed E-state index contributed by atoms with van der Waals surface area (Å²) in [5.74, 6) is 0.983. The molecule has 0 aromatic rings. The van der Waals surface area contributed by atoms with Gasteiger partial charge in [0.2, 0.25) is 5.91 Å². The van der Waals surface area contributed by atoms with Crippen LogP contribution < -0.4 is 0 Å². The van der Waals surface area contributed by atoms with Crippen LogP contribution in [0.15, 0.2) is 0 Å². The molecule has 0 bridgehead atoms. The number of Topliss-reactive ketones (excluding diaryl/α,β-unsaturated/α-hetero) is 1. The van der Waals surface area contributed by atoms with Gasteiger partial charge in [0.05, 0.1) is 6.10 Å². The Balaban J connectivity index is 1.51. The minimum Gasteiger partial charge on any atom is -0.368 e. The van der Waals surface area contributed by atoms with Crippen LogP contribution in [0, 0.1) is 5.92 Å². The van der Waals surface area contributed by atoms with Gasteiger partial charge in [0.25, 0.3) is 0 Å². The molecule has 1 amide bonds. The Hall–Kier alpha value is -0.900. The van der Waals surface area contributed by atoms with Gasteiger partial charge in [-0.3, -0.25) is 9.59 Å². The molecule has 2 heterocycles. The molecule has 0 aromatic carbocycles. The highest BCUT2D eigenvalue weighted by molar-refractivity contribution is 5.92. The molecule has 3 rings (SSSR count). The van der Waals surface area contributed by atoms with Crippen LogP contribution in [0.1, 0.15) is 51.4 Å². The van der Waals surface area contributed by atoms with Gasteiger partial charge in [0.15, 0.2) is 5.78 Å². The average molecular weight is 265 g/mol. The second-order valence-electron chi connectivity index (χ2n) is 6.18. The topological polar surface area (TPSA) is 46.6 Å². The summed E-state index contributed by atoms with van der Waals surface area (Å²) in [6.07, 6.45) is 8.97. The summed E-state index contributed by atoms with van der Waals surface area (Å²) in [6.45, 7) is 0.895. The van der Waals surface area contributed by atoms with Crippen molar-refractivity contribution in [1.29, 1.82) is 0 Å². The summed E-state index contributed by atoms with van der Waals surface area (Å²) in [6, 6.07) is -0.265. The Morgan fingerprint density at radius 3 is 2.79 bits per heavy atom. The highest BCUT2D eigenvalue weighted by Gasteiger charge is 2.46. The smallest absolute Gasteiger partial charge is 0.223 e. The van der Waals surface area contributed by atoms with Crippen molar-refractivity contribution in [1.82, 2.24) is 4.90 Å². The van der Waals surface area contributed by atoms with E-state index in [1.54, 1.807) is 4.90 Å². The molecule has 0 aromatic heterocycles. The van der Waals surface area contributed by atoms with Gasteiger partial charge in [-0.25, -0.2) is 0 Å². The first kappa shape index (κ1) is 13.1. The van der Waals surface area contributed by atoms with E-state index in [0.717, 1.165) is 18.8 Å². The Morgan fingerprint density at radius 2 is 2.00 bits per heavy atom. The van der Waals surface area contributed by atoms with E-state index >= 15 is 0 Å². The molecule has 1 saturated carbocycles. The van der Waals surface area contributed by atoms with Crippen molar-refractivity contribution < 1.29 is 14.3 Å². The third-order valence-corrected chi connectivity index (χ3v) is 4.92. The second kappa shape index (κ2) is 5.61. The maximum Gasteiger partial charge on any atom is 0.223 e. The first-order valence-electron chi connectivity index (χ1n) is 7.69. The van der Waals surface area contributed by atoms with E-state index in [0.29, 0.717) is 13.0 Å². The third kappa shape index (κ3) is 2.69. The SMILES string of the molecule is O=C1COC2CCN(C(=O)CCC3CCCCC3)C12. The lowest BCUT2D eigenvalue weighted by atomic mass is 9.86. The number of fused-ring (bicyclic) bond motifs is 1. The van der Waals surface area contributed by atoms with E-state index < -0.39 is 0 Å². The van der Waals surface area contributed by atoms with E-state index in [1.165, 1.54) is 32.1 Å². The first-order chi connectivity index (χ1) is 9.25. The van der Waals surface area contributed by atoms with Gasteiger partial charge >= 0.3 is 0 Å². The zero-order valence-electron chi connectivity index (χ0n) is 11.5. The lowest BCUT2D eigenvalue weighted by molar-refractivity contribution is -0.136. The lowest BCUT2D eigenvalue weighted by Gasteiger charge is -2.24. The monoisotopic (exact) mass is 265 g/mol. The molecule has 1 aliphatic carbocycles. The normalized spacial score (nSPS) is 31.8. The Bertz CT molecular complexity index is 362. The molecule has 2 atom stereocenters. The number of rotatable bonds is 3. The van der Waals surface area contributed by atoms with Crippen molar-refractivity contribution in [3.8, 4) is 0 Å². The third-order valence-electron chi connectivity index (χ3n) is 4.92. The molecule has 0 radical (unpaired) electrons. The standard InChI is InChI=1S/C15H23NO3/c17-12-10-19-13-8-9-16(15(12)13)14(18)7-6-11-4-2-1-3-5-11/h11,13,15H,1-10H2. The lowest BCUT2D eigenvalue weighted by Crippen LogP contribution is -2.42. The predicted molar refractivity (Wildman–Crippen MR) is 70.7 cm³/mol. The molecular formula is C15H23NO3. The quantitative estimate of drug-likeness (QED) is 0.783.